The molecular formula is C17H34N2. The van der Waals surface area contributed by atoms with Crippen LogP contribution in [0.4, 0.5) is 0 Å². The van der Waals surface area contributed by atoms with Crippen LogP contribution in [0.1, 0.15) is 66.2 Å². The zero-order valence-corrected chi connectivity index (χ0v) is 13.5. The Hall–Kier alpha value is -0.0800. The Morgan fingerprint density at radius 3 is 2.47 bits per heavy atom. The molecule has 0 amide bonds. The highest BCUT2D eigenvalue weighted by molar-refractivity contribution is 4.91. The number of nitrogens with one attached hydrogen (secondary N) is 1. The lowest BCUT2D eigenvalue weighted by Crippen LogP contribution is -2.55. The van der Waals surface area contributed by atoms with Crippen LogP contribution in [-0.2, 0) is 0 Å². The highest BCUT2D eigenvalue weighted by Gasteiger charge is 2.35. The van der Waals surface area contributed by atoms with Gasteiger partial charge in [0.1, 0.15) is 0 Å². The molecule has 3 unspecified atom stereocenters. The van der Waals surface area contributed by atoms with Gasteiger partial charge in [-0.1, -0.05) is 40.5 Å². The first-order valence-electron chi connectivity index (χ1n) is 8.49. The maximum Gasteiger partial charge on any atom is 0.0243 e. The van der Waals surface area contributed by atoms with Gasteiger partial charge in [-0.25, -0.2) is 0 Å². The van der Waals surface area contributed by atoms with E-state index in [4.69, 9.17) is 0 Å². The van der Waals surface area contributed by atoms with Crippen LogP contribution in [0.3, 0.4) is 0 Å². The van der Waals surface area contributed by atoms with Crippen LogP contribution in [0.15, 0.2) is 0 Å². The van der Waals surface area contributed by atoms with E-state index in [9.17, 15) is 0 Å². The fourth-order valence-electron chi connectivity index (χ4n) is 4.08. The zero-order valence-electron chi connectivity index (χ0n) is 13.5. The lowest BCUT2D eigenvalue weighted by Gasteiger charge is -2.47. The van der Waals surface area contributed by atoms with Crippen molar-refractivity contribution in [2.75, 3.05) is 19.6 Å². The number of hydrogen-bond donors (Lipinski definition) is 1. The van der Waals surface area contributed by atoms with E-state index < -0.39 is 0 Å². The van der Waals surface area contributed by atoms with Gasteiger partial charge in [0.25, 0.3) is 0 Å². The van der Waals surface area contributed by atoms with Crippen molar-refractivity contribution in [2.45, 2.75) is 78.3 Å². The van der Waals surface area contributed by atoms with Crippen molar-refractivity contribution in [3.8, 4) is 0 Å². The van der Waals surface area contributed by atoms with Crippen LogP contribution >= 0.6 is 0 Å². The van der Waals surface area contributed by atoms with E-state index in [0.717, 1.165) is 18.5 Å². The molecule has 0 aromatic carbocycles. The van der Waals surface area contributed by atoms with Gasteiger partial charge >= 0.3 is 0 Å². The molecule has 2 heteroatoms. The fourth-order valence-corrected chi connectivity index (χ4v) is 4.08. The van der Waals surface area contributed by atoms with Crippen LogP contribution in [0, 0.1) is 11.3 Å². The Labute approximate surface area is 120 Å². The van der Waals surface area contributed by atoms with E-state index in [1.807, 2.05) is 0 Å². The molecule has 3 atom stereocenters. The summed E-state index contributed by atoms with van der Waals surface area (Å²) in [6, 6.07) is 1.52. The van der Waals surface area contributed by atoms with Gasteiger partial charge in [0.15, 0.2) is 0 Å². The summed E-state index contributed by atoms with van der Waals surface area (Å²) >= 11 is 0. The summed E-state index contributed by atoms with van der Waals surface area (Å²) in [5, 5.41) is 3.72. The molecule has 2 aliphatic rings. The number of likely N-dealkylation sites (tertiary alicyclic amines) is 1. The smallest absolute Gasteiger partial charge is 0.0243 e. The lowest BCUT2D eigenvalue weighted by molar-refractivity contribution is 0.0401. The molecule has 0 radical (unpaired) electrons. The molecule has 0 aromatic heterocycles. The van der Waals surface area contributed by atoms with E-state index in [0.29, 0.717) is 11.5 Å². The number of rotatable bonds is 4. The second kappa shape index (κ2) is 6.58. The molecule has 1 aliphatic heterocycles. The second-order valence-electron chi connectivity index (χ2n) is 7.73. The molecule has 0 aromatic rings. The van der Waals surface area contributed by atoms with Gasteiger partial charge in [0.2, 0.25) is 0 Å². The summed E-state index contributed by atoms with van der Waals surface area (Å²) in [7, 11) is 0. The van der Waals surface area contributed by atoms with Crippen LogP contribution < -0.4 is 5.32 Å². The van der Waals surface area contributed by atoms with Crippen molar-refractivity contribution in [3.05, 3.63) is 0 Å². The average molecular weight is 266 g/mol. The van der Waals surface area contributed by atoms with E-state index in [1.54, 1.807) is 0 Å². The third-order valence-electron chi connectivity index (χ3n) is 5.27. The zero-order chi connectivity index (χ0) is 13.9. The van der Waals surface area contributed by atoms with Crippen molar-refractivity contribution in [1.82, 2.24) is 10.2 Å². The summed E-state index contributed by atoms with van der Waals surface area (Å²) in [4.78, 5) is 2.83. The molecule has 1 N–H and O–H groups in total. The molecule has 0 bridgehead atoms. The number of likely N-dealkylation sites (N-methyl/N-ethyl adjacent to an activating group) is 1. The summed E-state index contributed by atoms with van der Waals surface area (Å²) in [6.07, 6.45) is 8.78. The monoisotopic (exact) mass is 266 g/mol. The number of fused-ring (bicyclic) bond motifs is 1. The van der Waals surface area contributed by atoms with Crippen molar-refractivity contribution < 1.29 is 0 Å². The Kier molecular flexibility index (Phi) is 5.30. The molecule has 2 fully saturated rings. The fraction of sp³-hybridized carbons (Fsp3) is 1.00. The molecule has 1 aliphatic carbocycles. The molecular weight excluding hydrogens is 232 g/mol. The highest BCUT2D eigenvalue weighted by atomic mass is 15.2. The minimum Gasteiger partial charge on any atom is -0.312 e. The van der Waals surface area contributed by atoms with Gasteiger partial charge in [-0.2, -0.15) is 0 Å². The Bertz CT molecular complexity index is 267. The van der Waals surface area contributed by atoms with Crippen molar-refractivity contribution >= 4 is 0 Å². The predicted molar refractivity (Wildman–Crippen MR) is 83.5 cm³/mol. The lowest BCUT2D eigenvalue weighted by atomic mass is 9.77. The Morgan fingerprint density at radius 1 is 1.11 bits per heavy atom. The van der Waals surface area contributed by atoms with Gasteiger partial charge in [0.05, 0.1) is 0 Å². The van der Waals surface area contributed by atoms with Gasteiger partial charge < -0.3 is 5.32 Å². The molecule has 1 heterocycles. The number of hydrogen-bond acceptors (Lipinski definition) is 2. The predicted octanol–water partition coefficient (Wildman–Crippen LogP) is 3.67. The third-order valence-corrected chi connectivity index (χ3v) is 5.27. The average Bonchev–Trinajstić information content (AvgIpc) is 2.37. The number of nitrogens with zero attached hydrogens (tertiary/aromatic N) is 1. The highest BCUT2D eigenvalue weighted by Crippen LogP contribution is 2.36. The number of piperidine rings is 1. The maximum absolute atomic E-state index is 3.72. The first kappa shape index (κ1) is 15.3. The van der Waals surface area contributed by atoms with Crippen LogP contribution in [0.25, 0.3) is 0 Å². The first-order valence-corrected chi connectivity index (χ1v) is 8.49. The quantitative estimate of drug-likeness (QED) is 0.835. The molecule has 1 saturated carbocycles. The first-order chi connectivity index (χ1) is 9.02. The Morgan fingerprint density at radius 2 is 1.79 bits per heavy atom. The standard InChI is InChI=1S/C17H34N2/c1-5-18-16(17(2,3)4)13-19-12-8-10-14-9-6-7-11-15(14)19/h14-16,18H,5-13H2,1-4H3. The van der Waals surface area contributed by atoms with Gasteiger partial charge in [-0.05, 0) is 50.1 Å². The van der Waals surface area contributed by atoms with E-state index in [2.05, 4.69) is 37.9 Å². The summed E-state index contributed by atoms with van der Waals surface area (Å²) in [5.74, 6) is 1.00. The summed E-state index contributed by atoms with van der Waals surface area (Å²) in [5.41, 5.74) is 0.359. The van der Waals surface area contributed by atoms with E-state index >= 15 is 0 Å². The van der Waals surface area contributed by atoms with Crippen LogP contribution in [0.2, 0.25) is 0 Å². The van der Waals surface area contributed by atoms with Crippen LogP contribution in [0.5, 0.6) is 0 Å². The molecule has 19 heavy (non-hydrogen) atoms. The van der Waals surface area contributed by atoms with Crippen molar-refractivity contribution in [1.29, 1.82) is 0 Å². The second-order valence-corrected chi connectivity index (χ2v) is 7.73. The summed E-state index contributed by atoms with van der Waals surface area (Å²) in [6.45, 7) is 13.0. The summed E-state index contributed by atoms with van der Waals surface area (Å²) < 4.78 is 0. The molecule has 2 nitrogen and oxygen atoms in total. The molecule has 2 rings (SSSR count). The van der Waals surface area contributed by atoms with Gasteiger partial charge in [-0.15, -0.1) is 0 Å². The molecule has 112 valence electrons. The van der Waals surface area contributed by atoms with Gasteiger partial charge in [0, 0.05) is 18.6 Å². The van der Waals surface area contributed by atoms with E-state index in [-0.39, 0.29) is 0 Å². The topological polar surface area (TPSA) is 15.3 Å². The SMILES string of the molecule is CCNC(CN1CCCC2CCCCC21)C(C)(C)C. The van der Waals surface area contributed by atoms with Crippen molar-refractivity contribution in [2.24, 2.45) is 11.3 Å². The minimum atomic E-state index is 0.359. The molecule has 1 saturated heterocycles. The minimum absolute atomic E-state index is 0.359. The van der Waals surface area contributed by atoms with Gasteiger partial charge in [-0.3, -0.25) is 4.90 Å². The normalized spacial score (nSPS) is 30.9. The molecule has 0 spiro atoms. The largest absolute Gasteiger partial charge is 0.312 e. The van der Waals surface area contributed by atoms with Crippen molar-refractivity contribution in [3.63, 3.8) is 0 Å². The third kappa shape index (κ3) is 3.95. The maximum atomic E-state index is 3.72. The Balaban J connectivity index is 1.98. The van der Waals surface area contributed by atoms with E-state index in [1.165, 1.54) is 51.6 Å². The van der Waals surface area contributed by atoms with Crippen LogP contribution in [-0.4, -0.2) is 36.6 Å².